The number of benzene rings is 1. The monoisotopic (exact) mass is 468 g/mol. The molecule has 3 heterocycles. The number of carbonyl (C=O) groups is 1. The van der Waals surface area contributed by atoms with Crippen molar-refractivity contribution >= 4 is 16.9 Å². The smallest absolute Gasteiger partial charge is 0.255 e. The molecule has 2 atom stereocenters. The van der Waals surface area contributed by atoms with Crippen molar-refractivity contribution in [3.05, 3.63) is 99.5 Å². The van der Waals surface area contributed by atoms with E-state index in [0.29, 0.717) is 11.6 Å². The number of aromatic amines is 1. The number of phenols is 1. The molecule has 3 N–H and O–H groups in total. The van der Waals surface area contributed by atoms with Gasteiger partial charge in [-0.1, -0.05) is 12.1 Å². The van der Waals surface area contributed by atoms with Gasteiger partial charge in [0.25, 0.3) is 5.56 Å². The fraction of sp³-hybridized carbons (Fsp3) is 0.167. The number of aromatic nitrogens is 3. The Kier molecular flexibility index (Phi) is 6.31. The van der Waals surface area contributed by atoms with E-state index in [2.05, 4.69) is 20.3 Å². The van der Waals surface area contributed by atoms with Crippen LogP contribution in [-0.2, 0) is 11.2 Å². The molecule has 0 spiro atoms. The minimum Gasteiger partial charge on any atom is -0.508 e. The van der Waals surface area contributed by atoms with Gasteiger partial charge in [0.1, 0.15) is 22.9 Å². The Balaban J connectivity index is 1.75. The lowest BCUT2D eigenvalue weighted by Gasteiger charge is -2.21. The highest BCUT2D eigenvalue weighted by Gasteiger charge is 2.30. The Hall–Kier alpha value is -4.21. The van der Waals surface area contributed by atoms with Crippen LogP contribution in [0, 0.1) is 17.5 Å². The summed E-state index contributed by atoms with van der Waals surface area (Å²) in [5, 5.41) is 12.1. The van der Waals surface area contributed by atoms with Crippen LogP contribution in [0.2, 0.25) is 0 Å². The lowest BCUT2D eigenvalue weighted by molar-refractivity contribution is -0.123. The maximum atomic E-state index is 15.5. The van der Waals surface area contributed by atoms with Crippen LogP contribution < -0.4 is 10.9 Å². The van der Waals surface area contributed by atoms with Crippen molar-refractivity contribution in [3.8, 4) is 5.75 Å². The van der Waals surface area contributed by atoms with Gasteiger partial charge in [0.15, 0.2) is 5.82 Å². The maximum absolute atomic E-state index is 15.5. The lowest BCUT2D eigenvalue weighted by atomic mass is 9.90. The van der Waals surface area contributed by atoms with Crippen LogP contribution in [0.5, 0.6) is 5.75 Å². The highest BCUT2D eigenvalue weighted by molar-refractivity contribution is 5.86. The third kappa shape index (κ3) is 4.61. The first-order chi connectivity index (χ1) is 16.2. The molecule has 7 nitrogen and oxygen atoms in total. The normalized spacial score (nSPS) is 12.9. The number of halogens is 3. The highest BCUT2D eigenvalue weighted by atomic mass is 19.1. The van der Waals surface area contributed by atoms with Crippen molar-refractivity contribution < 1.29 is 23.1 Å². The van der Waals surface area contributed by atoms with Gasteiger partial charge >= 0.3 is 0 Å². The van der Waals surface area contributed by atoms with Crippen molar-refractivity contribution in [2.24, 2.45) is 0 Å². The zero-order valence-corrected chi connectivity index (χ0v) is 17.8. The number of amides is 1. The summed E-state index contributed by atoms with van der Waals surface area (Å²) in [4.78, 5) is 36.3. The van der Waals surface area contributed by atoms with Crippen LogP contribution in [0.4, 0.5) is 13.2 Å². The van der Waals surface area contributed by atoms with Crippen molar-refractivity contribution in [3.63, 3.8) is 0 Å². The van der Waals surface area contributed by atoms with Crippen molar-refractivity contribution in [1.29, 1.82) is 0 Å². The van der Waals surface area contributed by atoms with Gasteiger partial charge in [0, 0.05) is 12.3 Å². The Labute approximate surface area is 191 Å². The van der Waals surface area contributed by atoms with Crippen LogP contribution in [-0.4, -0.2) is 26.0 Å². The molecule has 1 aromatic carbocycles. The summed E-state index contributed by atoms with van der Waals surface area (Å²) in [6.07, 6.45) is 2.07. The first-order valence-corrected chi connectivity index (χ1v) is 10.3. The van der Waals surface area contributed by atoms with Crippen molar-refractivity contribution in [1.82, 2.24) is 20.3 Å². The van der Waals surface area contributed by atoms with E-state index in [1.54, 1.807) is 0 Å². The molecule has 0 bridgehead atoms. The molecule has 34 heavy (non-hydrogen) atoms. The molecular formula is C24H19F3N4O3. The molecule has 4 aromatic rings. The number of fused-ring (bicyclic) bond motifs is 1. The van der Waals surface area contributed by atoms with Gasteiger partial charge in [0.2, 0.25) is 5.91 Å². The average Bonchev–Trinajstić information content (AvgIpc) is 2.79. The second-order valence-corrected chi connectivity index (χ2v) is 7.76. The van der Waals surface area contributed by atoms with Crippen LogP contribution in [0.1, 0.15) is 35.7 Å². The van der Waals surface area contributed by atoms with Gasteiger partial charge in [-0.25, -0.2) is 13.2 Å². The molecule has 0 saturated carbocycles. The second kappa shape index (κ2) is 9.34. The molecule has 1 amide bonds. The molecule has 0 radical (unpaired) electrons. The Bertz CT molecular complexity index is 1420. The molecule has 0 fully saturated rings. The minimum atomic E-state index is -1.33. The average molecular weight is 468 g/mol. The Morgan fingerprint density at radius 1 is 1.15 bits per heavy atom. The van der Waals surface area contributed by atoms with E-state index in [1.807, 2.05) is 0 Å². The molecule has 174 valence electrons. The van der Waals surface area contributed by atoms with Gasteiger partial charge < -0.3 is 15.4 Å². The summed E-state index contributed by atoms with van der Waals surface area (Å²) >= 11 is 0. The number of phenolic OH excluding ortho intramolecular Hbond substituents is 1. The van der Waals surface area contributed by atoms with E-state index >= 15 is 4.39 Å². The lowest BCUT2D eigenvalue weighted by Crippen LogP contribution is -2.36. The van der Waals surface area contributed by atoms with E-state index in [0.717, 1.165) is 6.20 Å². The predicted octanol–water partition coefficient (Wildman–Crippen LogP) is 3.64. The van der Waals surface area contributed by atoms with Crippen molar-refractivity contribution in [2.45, 2.75) is 25.3 Å². The summed E-state index contributed by atoms with van der Waals surface area (Å²) in [5.74, 6) is -4.88. The van der Waals surface area contributed by atoms with Gasteiger partial charge in [-0.2, -0.15) is 0 Å². The largest absolute Gasteiger partial charge is 0.508 e. The number of aromatic hydroxyl groups is 1. The summed E-state index contributed by atoms with van der Waals surface area (Å²) < 4.78 is 42.8. The fourth-order valence-electron chi connectivity index (χ4n) is 3.73. The van der Waals surface area contributed by atoms with E-state index in [1.165, 1.54) is 49.5 Å². The fourth-order valence-corrected chi connectivity index (χ4v) is 3.73. The predicted molar refractivity (Wildman–Crippen MR) is 118 cm³/mol. The number of pyridine rings is 3. The maximum Gasteiger partial charge on any atom is 0.255 e. The molecule has 10 heteroatoms. The summed E-state index contributed by atoms with van der Waals surface area (Å²) in [7, 11) is 0. The zero-order chi connectivity index (χ0) is 24.4. The highest BCUT2D eigenvalue weighted by Crippen LogP contribution is 2.26. The van der Waals surface area contributed by atoms with E-state index in [-0.39, 0.29) is 28.9 Å². The van der Waals surface area contributed by atoms with E-state index < -0.39 is 46.4 Å². The van der Waals surface area contributed by atoms with Crippen LogP contribution in [0.15, 0.2) is 59.7 Å². The van der Waals surface area contributed by atoms with Gasteiger partial charge in [-0.15, -0.1) is 0 Å². The zero-order valence-electron chi connectivity index (χ0n) is 17.8. The standard InChI is InChI=1S/C24H19F3N4O3/c1-12(21-17(26)10-14(25)11-29-21)30-23(33)16(9-13-4-6-15(32)7-5-13)19-20(27)22-18(31-24(19)34)3-2-8-28-22/h2-8,10-12,16,32H,9H2,1H3,(H,30,33)(H,31,34)/t12-,16-/m0/s1. The number of nitrogens with zero attached hydrogens (tertiary/aromatic N) is 2. The molecule has 0 aliphatic rings. The third-order valence-corrected chi connectivity index (χ3v) is 5.39. The first-order valence-electron chi connectivity index (χ1n) is 10.3. The molecule has 0 aliphatic heterocycles. The SMILES string of the molecule is C[C@H](NC(=O)[C@@H](Cc1ccc(O)cc1)c1c(F)c2ncccc2[nH]c1=O)c1ncc(F)cc1F. The number of hydrogen-bond acceptors (Lipinski definition) is 5. The topological polar surface area (TPSA) is 108 Å². The third-order valence-electron chi connectivity index (χ3n) is 5.39. The van der Waals surface area contributed by atoms with Gasteiger partial charge in [-0.3, -0.25) is 19.6 Å². The van der Waals surface area contributed by atoms with Crippen molar-refractivity contribution in [2.75, 3.05) is 0 Å². The molecular weight excluding hydrogens is 449 g/mol. The number of rotatable bonds is 6. The van der Waals surface area contributed by atoms with E-state index in [9.17, 15) is 23.5 Å². The first kappa shape index (κ1) is 23.0. The van der Waals surface area contributed by atoms with Gasteiger partial charge in [0.05, 0.1) is 34.9 Å². The van der Waals surface area contributed by atoms with Crippen LogP contribution in [0.25, 0.3) is 11.0 Å². The van der Waals surface area contributed by atoms with Gasteiger partial charge in [-0.05, 0) is 43.2 Å². The van der Waals surface area contributed by atoms with Crippen LogP contribution in [0.3, 0.4) is 0 Å². The van der Waals surface area contributed by atoms with E-state index in [4.69, 9.17) is 0 Å². The summed E-state index contributed by atoms with van der Waals surface area (Å²) in [6, 6.07) is 8.51. The Morgan fingerprint density at radius 2 is 1.88 bits per heavy atom. The Morgan fingerprint density at radius 3 is 2.59 bits per heavy atom. The quantitative estimate of drug-likeness (QED) is 0.401. The summed E-state index contributed by atoms with van der Waals surface area (Å²) in [6.45, 7) is 1.43. The molecule has 3 aromatic heterocycles. The number of hydrogen-bond donors (Lipinski definition) is 3. The molecule has 0 saturated heterocycles. The van der Waals surface area contributed by atoms with Crippen LogP contribution >= 0.6 is 0 Å². The second-order valence-electron chi connectivity index (χ2n) is 7.76. The molecule has 0 aliphatic carbocycles. The number of H-pyrrole nitrogens is 1. The minimum absolute atomic E-state index is 0.00448. The number of nitrogens with one attached hydrogen (secondary N) is 2. The summed E-state index contributed by atoms with van der Waals surface area (Å²) in [5.41, 5.74) is -0.861. The molecule has 4 rings (SSSR count). The molecule has 0 unspecified atom stereocenters. The number of carbonyl (C=O) groups excluding carboxylic acids is 1.